The first kappa shape index (κ1) is 31.8. The Balaban J connectivity index is 3.45. The Bertz CT molecular complexity index is 824. The predicted molar refractivity (Wildman–Crippen MR) is 128 cm³/mol. The maximum atomic E-state index is 15.8. The van der Waals surface area contributed by atoms with E-state index < -0.39 is 82.9 Å². The van der Waals surface area contributed by atoms with Gasteiger partial charge in [0.05, 0.1) is 21.7 Å². The Morgan fingerprint density at radius 1 is 0.611 bits per heavy atom. The molecule has 0 bridgehead atoms. The molecule has 1 saturated heterocycles. The molecule has 5 atom stereocenters. The molecule has 9 nitrogen and oxygen atoms in total. The summed E-state index contributed by atoms with van der Waals surface area (Å²) < 4.78 is 43.3. The van der Waals surface area contributed by atoms with Crippen molar-refractivity contribution in [3.05, 3.63) is 0 Å². The van der Waals surface area contributed by atoms with Crippen molar-refractivity contribution < 1.29 is 47.3 Å². The zero-order valence-corrected chi connectivity index (χ0v) is 23.6. The minimum absolute atomic E-state index is 0.537. The molecule has 0 aromatic rings. The lowest BCUT2D eigenvalue weighted by Crippen LogP contribution is -2.62. The third-order valence-electron chi connectivity index (χ3n) is 5.11. The van der Waals surface area contributed by atoms with Crippen molar-refractivity contribution in [2.75, 3.05) is 6.61 Å². The van der Waals surface area contributed by atoms with E-state index in [-0.39, 0.29) is 0 Å². The topological polar surface area (TPSA) is 114 Å². The summed E-state index contributed by atoms with van der Waals surface area (Å²) in [6, 6.07) is 0. The first-order chi connectivity index (χ1) is 16.0. The Kier molecular flexibility index (Phi) is 9.74. The van der Waals surface area contributed by atoms with E-state index >= 15 is 4.39 Å². The lowest BCUT2D eigenvalue weighted by atomic mass is 9.94. The minimum atomic E-state index is -2.06. The molecule has 10 heteroatoms. The number of hydrogen-bond donors (Lipinski definition) is 0. The van der Waals surface area contributed by atoms with E-state index in [2.05, 4.69) is 0 Å². The molecule has 0 N–H and O–H groups in total. The van der Waals surface area contributed by atoms with Crippen LogP contribution in [0.2, 0.25) is 0 Å². The molecule has 36 heavy (non-hydrogen) atoms. The van der Waals surface area contributed by atoms with Gasteiger partial charge in [0.1, 0.15) is 12.7 Å². The first-order valence-corrected chi connectivity index (χ1v) is 12.1. The molecule has 0 radical (unpaired) electrons. The smallest absolute Gasteiger partial charge is 0.313 e. The summed E-state index contributed by atoms with van der Waals surface area (Å²) in [7, 11) is 0. The second-order valence-electron chi connectivity index (χ2n) is 13.2. The third-order valence-corrected chi connectivity index (χ3v) is 5.11. The number of hydrogen-bond acceptors (Lipinski definition) is 9. The van der Waals surface area contributed by atoms with Crippen molar-refractivity contribution in [1.29, 1.82) is 0 Å². The third kappa shape index (κ3) is 8.71. The van der Waals surface area contributed by atoms with Gasteiger partial charge in [0, 0.05) is 0 Å². The van der Waals surface area contributed by atoms with Crippen LogP contribution in [0.4, 0.5) is 4.39 Å². The van der Waals surface area contributed by atoms with E-state index in [1.54, 1.807) is 83.1 Å². The van der Waals surface area contributed by atoms with Gasteiger partial charge < -0.3 is 23.7 Å². The predicted octanol–water partition coefficient (Wildman–Crippen LogP) is 4.14. The molecule has 1 fully saturated rings. The number of alkyl halides is 1. The van der Waals surface area contributed by atoms with Crippen molar-refractivity contribution in [3.63, 3.8) is 0 Å². The van der Waals surface area contributed by atoms with Crippen LogP contribution in [0.5, 0.6) is 0 Å². The Morgan fingerprint density at radius 3 is 1.36 bits per heavy atom. The molecule has 0 saturated carbocycles. The first-order valence-electron chi connectivity index (χ1n) is 12.1. The van der Waals surface area contributed by atoms with E-state index in [0.717, 1.165) is 0 Å². The van der Waals surface area contributed by atoms with Crippen molar-refractivity contribution in [1.82, 2.24) is 0 Å². The van der Waals surface area contributed by atoms with Crippen LogP contribution in [-0.4, -0.2) is 61.3 Å². The van der Waals surface area contributed by atoms with Crippen LogP contribution in [0.3, 0.4) is 0 Å². The Hall–Kier alpha value is -2.23. The van der Waals surface area contributed by atoms with E-state index in [9.17, 15) is 19.2 Å². The van der Waals surface area contributed by atoms with Gasteiger partial charge in [-0.25, -0.2) is 4.39 Å². The van der Waals surface area contributed by atoms with Gasteiger partial charge in [-0.05, 0) is 83.1 Å². The fourth-order valence-electron chi connectivity index (χ4n) is 2.61. The number of ether oxygens (including phenoxy) is 5. The number of carbonyl (C=O) groups is 4. The number of esters is 4. The maximum Gasteiger partial charge on any atom is 0.313 e. The van der Waals surface area contributed by atoms with Crippen LogP contribution in [-0.2, 0) is 42.9 Å². The monoisotopic (exact) mass is 518 g/mol. The Labute approximate surface area is 213 Å². The van der Waals surface area contributed by atoms with Gasteiger partial charge in [-0.15, -0.1) is 0 Å². The van der Waals surface area contributed by atoms with Gasteiger partial charge >= 0.3 is 23.9 Å². The van der Waals surface area contributed by atoms with Gasteiger partial charge in [0.2, 0.25) is 12.4 Å². The number of halogens is 1. The summed E-state index contributed by atoms with van der Waals surface area (Å²) in [6.07, 6.45) is -8.43. The van der Waals surface area contributed by atoms with E-state index in [1.165, 1.54) is 0 Å². The van der Waals surface area contributed by atoms with Crippen LogP contribution in [0.25, 0.3) is 0 Å². The van der Waals surface area contributed by atoms with Gasteiger partial charge in [-0.1, -0.05) is 0 Å². The molecular formula is C26H43FO9. The molecule has 0 aromatic carbocycles. The molecular weight excluding hydrogens is 475 g/mol. The highest BCUT2D eigenvalue weighted by atomic mass is 19.1. The highest BCUT2D eigenvalue weighted by Gasteiger charge is 2.54. The lowest BCUT2D eigenvalue weighted by Gasteiger charge is -2.43. The summed E-state index contributed by atoms with van der Waals surface area (Å²) in [5, 5.41) is 0. The lowest BCUT2D eigenvalue weighted by molar-refractivity contribution is -0.294. The van der Waals surface area contributed by atoms with E-state index in [4.69, 9.17) is 23.7 Å². The average molecular weight is 519 g/mol. The van der Waals surface area contributed by atoms with Gasteiger partial charge in [0.25, 0.3) is 0 Å². The molecule has 1 rings (SSSR count). The van der Waals surface area contributed by atoms with Crippen LogP contribution in [0, 0.1) is 21.7 Å². The molecule has 0 spiro atoms. The van der Waals surface area contributed by atoms with E-state index in [1.807, 2.05) is 0 Å². The summed E-state index contributed by atoms with van der Waals surface area (Å²) in [4.78, 5) is 50.5. The maximum absolute atomic E-state index is 15.8. The van der Waals surface area contributed by atoms with Crippen LogP contribution < -0.4 is 0 Å². The van der Waals surface area contributed by atoms with E-state index in [0.29, 0.717) is 0 Å². The molecule has 5 unspecified atom stereocenters. The number of rotatable bonds is 5. The normalized spacial score (nSPS) is 25.5. The largest absolute Gasteiger partial charge is 0.462 e. The van der Waals surface area contributed by atoms with Crippen molar-refractivity contribution >= 4 is 23.9 Å². The fraction of sp³-hybridized carbons (Fsp3) is 0.846. The second kappa shape index (κ2) is 11.0. The average Bonchev–Trinajstić information content (AvgIpc) is 2.67. The van der Waals surface area contributed by atoms with Gasteiger partial charge in [0.15, 0.2) is 12.3 Å². The zero-order chi connectivity index (χ0) is 28.4. The zero-order valence-electron chi connectivity index (χ0n) is 23.6. The summed E-state index contributed by atoms with van der Waals surface area (Å²) in [6.45, 7) is 18.7. The molecule has 0 aromatic heterocycles. The molecule has 208 valence electrons. The fourth-order valence-corrected chi connectivity index (χ4v) is 2.61. The quantitative estimate of drug-likeness (QED) is 0.391. The van der Waals surface area contributed by atoms with Crippen molar-refractivity contribution in [2.24, 2.45) is 21.7 Å². The second-order valence-corrected chi connectivity index (χ2v) is 13.2. The SMILES string of the molecule is CC(C)(C)C(=O)OCC1OC(OC(=O)C(C)(C)C)C(OC(=O)C(C)(C)C)C(OC(=O)C(C)(C)C)C1F. The molecule has 1 heterocycles. The molecule has 0 amide bonds. The highest BCUT2D eigenvalue weighted by molar-refractivity contribution is 5.77. The molecule has 0 aliphatic carbocycles. The van der Waals surface area contributed by atoms with Crippen LogP contribution >= 0.6 is 0 Å². The standard InChI is InChI=1S/C26H43FO9/c1-23(2,3)19(28)32-13-14-15(27)16(34-20(29)24(4,5)6)17(35-21(30)25(7,8)9)18(33-14)36-22(31)26(10,11)12/h14-18H,13H2,1-12H3. The molecule has 1 aliphatic rings. The van der Waals surface area contributed by atoms with Crippen LogP contribution in [0.1, 0.15) is 83.1 Å². The van der Waals surface area contributed by atoms with Gasteiger partial charge in [-0.2, -0.15) is 0 Å². The van der Waals surface area contributed by atoms with Crippen molar-refractivity contribution in [3.8, 4) is 0 Å². The Morgan fingerprint density at radius 2 is 0.972 bits per heavy atom. The van der Waals surface area contributed by atoms with Crippen molar-refractivity contribution in [2.45, 2.75) is 114 Å². The molecule has 1 aliphatic heterocycles. The number of carbonyl (C=O) groups excluding carboxylic acids is 4. The van der Waals surface area contributed by atoms with Gasteiger partial charge in [-0.3, -0.25) is 19.2 Å². The highest BCUT2D eigenvalue weighted by Crippen LogP contribution is 2.34. The summed E-state index contributed by atoms with van der Waals surface area (Å²) in [5.41, 5.74) is -3.84. The summed E-state index contributed by atoms with van der Waals surface area (Å²) in [5.74, 6) is -2.83. The van der Waals surface area contributed by atoms with Crippen LogP contribution in [0.15, 0.2) is 0 Å². The summed E-state index contributed by atoms with van der Waals surface area (Å²) >= 11 is 0. The minimum Gasteiger partial charge on any atom is -0.462 e.